The minimum absolute atomic E-state index is 0.00711. The van der Waals surface area contributed by atoms with Gasteiger partial charge in [0.15, 0.2) is 5.90 Å². The predicted octanol–water partition coefficient (Wildman–Crippen LogP) is 5.30. The molecule has 1 aliphatic rings. The first-order chi connectivity index (χ1) is 22.8. The highest BCUT2D eigenvalue weighted by atomic mass is 19.1. The number of hydrogen-bond donors (Lipinski definition) is 4. The summed E-state index contributed by atoms with van der Waals surface area (Å²) in [6.07, 6.45) is 1.88. The lowest BCUT2D eigenvalue weighted by molar-refractivity contribution is -0.117. The molecule has 0 spiro atoms. The third-order valence-corrected chi connectivity index (χ3v) is 8.15. The van der Waals surface area contributed by atoms with Crippen molar-refractivity contribution >= 4 is 52.0 Å². The van der Waals surface area contributed by atoms with Crippen LogP contribution in [0.5, 0.6) is 0 Å². The van der Waals surface area contributed by atoms with Crippen molar-refractivity contribution in [3.63, 3.8) is 0 Å². The van der Waals surface area contributed by atoms with Crippen LogP contribution in [0.25, 0.3) is 10.9 Å². The fourth-order valence-electron chi connectivity index (χ4n) is 5.17. The monoisotopic (exact) mass is 664 g/mol. The van der Waals surface area contributed by atoms with Crippen molar-refractivity contribution in [3.05, 3.63) is 69.8 Å². The first-order valence-electron chi connectivity index (χ1n) is 15.8. The molecule has 3 aromatic rings. The number of piperazine rings is 1. The molecular weight excluding hydrogens is 623 g/mol. The molecule has 0 saturated carbocycles. The van der Waals surface area contributed by atoms with E-state index in [1.807, 2.05) is 13.8 Å². The molecular formula is C34H41FN6O7. The van der Waals surface area contributed by atoms with Crippen LogP contribution in [0.3, 0.4) is 0 Å². The summed E-state index contributed by atoms with van der Waals surface area (Å²) >= 11 is 0. The summed E-state index contributed by atoms with van der Waals surface area (Å²) in [5.74, 6) is -3.32. The van der Waals surface area contributed by atoms with Gasteiger partial charge in [-0.2, -0.15) is 0 Å². The lowest BCUT2D eigenvalue weighted by Crippen LogP contribution is -2.49. The van der Waals surface area contributed by atoms with Gasteiger partial charge in [0, 0.05) is 56.4 Å². The third kappa shape index (κ3) is 8.55. The van der Waals surface area contributed by atoms with E-state index in [2.05, 4.69) is 5.32 Å². The fourth-order valence-corrected chi connectivity index (χ4v) is 5.17. The lowest BCUT2D eigenvalue weighted by Gasteiger charge is -2.35. The van der Waals surface area contributed by atoms with Gasteiger partial charge in [0.25, 0.3) is 0 Å². The number of carboxylic acids is 1. The van der Waals surface area contributed by atoms with Crippen LogP contribution in [0.4, 0.5) is 20.6 Å². The van der Waals surface area contributed by atoms with Crippen LogP contribution >= 0.6 is 0 Å². The molecule has 2 aromatic carbocycles. The standard InChI is InChI=1S/C34H41FN6O7/c1-5-39-18-25(33(44)45)30(42)24-16-26(35)28(17-27(24)39)40-12-14-41(15-13-40)34(46)47-19-22-7-9-23(10-8-22)38-32(43)21(4)31(37)48-29(36)11-6-20(2)3/h7-10,16-18,20-21,36-37H,5-6,11-15,19H2,1-4H3,(H,38,43)(H,44,45). The molecule has 1 aliphatic heterocycles. The molecule has 0 radical (unpaired) electrons. The second kappa shape index (κ2) is 15.5. The quantitative estimate of drug-likeness (QED) is 0.158. The zero-order valence-corrected chi connectivity index (χ0v) is 27.5. The summed E-state index contributed by atoms with van der Waals surface area (Å²) in [4.78, 5) is 52.8. The molecule has 1 saturated heterocycles. The minimum Gasteiger partial charge on any atom is -0.477 e. The van der Waals surface area contributed by atoms with Crippen LogP contribution in [0.1, 0.15) is 56.5 Å². The number of anilines is 2. The largest absolute Gasteiger partial charge is 0.477 e. The molecule has 1 atom stereocenters. The van der Waals surface area contributed by atoms with Gasteiger partial charge in [-0.3, -0.25) is 20.4 Å². The van der Waals surface area contributed by atoms with E-state index in [1.54, 1.807) is 46.7 Å². The number of nitrogens with one attached hydrogen (secondary N) is 3. The second-order valence-electron chi connectivity index (χ2n) is 12.0. The Hall–Kier alpha value is -5.27. The summed E-state index contributed by atoms with van der Waals surface area (Å²) in [7, 11) is 0. The number of aromatic nitrogens is 1. The maximum absolute atomic E-state index is 15.2. The zero-order chi connectivity index (χ0) is 35.1. The number of hydrogen-bond acceptors (Lipinski definition) is 9. The van der Waals surface area contributed by atoms with Gasteiger partial charge in [0.05, 0.1) is 11.2 Å². The molecule has 0 bridgehead atoms. The average molecular weight is 665 g/mol. The second-order valence-corrected chi connectivity index (χ2v) is 12.0. The number of aryl methyl sites for hydroxylation is 1. The van der Waals surface area contributed by atoms with Gasteiger partial charge >= 0.3 is 12.1 Å². The number of nitrogens with zero attached hydrogens (tertiary/aromatic N) is 3. The van der Waals surface area contributed by atoms with Crippen LogP contribution in [-0.2, 0) is 27.4 Å². The number of aromatic carboxylic acids is 1. The van der Waals surface area contributed by atoms with E-state index in [1.165, 1.54) is 18.0 Å². The topological polar surface area (TPSA) is 178 Å². The fraction of sp³-hybridized carbons (Fsp3) is 0.412. The van der Waals surface area contributed by atoms with E-state index in [9.17, 15) is 24.3 Å². The summed E-state index contributed by atoms with van der Waals surface area (Å²) < 4.78 is 27.5. The Morgan fingerprint density at radius 1 is 1.04 bits per heavy atom. The number of rotatable bonds is 11. The van der Waals surface area contributed by atoms with Gasteiger partial charge in [-0.15, -0.1) is 0 Å². The molecule has 0 aliphatic carbocycles. The highest BCUT2D eigenvalue weighted by Gasteiger charge is 2.26. The van der Waals surface area contributed by atoms with Crippen LogP contribution in [-0.4, -0.2) is 70.5 Å². The number of carbonyl (C=O) groups is 3. The number of pyridine rings is 1. The lowest BCUT2D eigenvalue weighted by atomic mass is 10.1. The number of benzene rings is 2. The van der Waals surface area contributed by atoms with Crippen LogP contribution in [0.2, 0.25) is 0 Å². The zero-order valence-electron chi connectivity index (χ0n) is 27.5. The summed E-state index contributed by atoms with van der Waals surface area (Å²) in [5, 5.41) is 28.0. The number of fused-ring (bicyclic) bond motifs is 1. The highest BCUT2D eigenvalue weighted by Crippen LogP contribution is 2.27. The minimum atomic E-state index is -1.37. The number of halogens is 1. The van der Waals surface area contributed by atoms with Crippen LogP contribution in [0.15, 0.2) is 47.4 Å². The summed E-state index contributed by atoms with van der Waals surface area (Å²) in [6, 6.07) is 9.33. The van der Waals surface area contributed by atoms with Crippen molar-refractivity contribution in [2.24, 2.45) is 11.8 Å². The van der Waals surface area contributed by atoms with Crippen LogP contribution < -0.4 is 15.6 Å². The van der Waals surface area contributed by atoms with E-state index in [4.69, 9.17) is 20.3 Å². The average Bonchev–Trinajstić information content (AvgIpc) is 3.06. The van der Waals surface area contributed by atoms with Crippen molar-refractivity contribution in [3.8, 4) is 0 Å². The summed E-state index contributed by atoms with van der Waals surface area (Å²) in [5.41, 5.74) is 0.691. The number of ether oxygens (including phenoxy) is 2. The number of carbonyl (C=O) groups excluding carboxylic acids is 2. The Labute approximate surface area is 277 Å². The highest BCUT2D eigenvalue weighted by molar-refractivity contribution is 6.07. The molecule has 48 heavy (non-hydrogen) atoms. The smallest absolute Gasteiger partial charge is 0.410 e. The van der Waals surface area contributed by atoms with Gasteiger partial charge in [-0.1, -0.05) is 26.0 Å². The Morgan fingerprint density at radius 2 is 1.71 bits per heavy atom. The van der Waals surface area contributed by atoms with Crippen molar-refractivity contribution < 1.29 is 33.4 Å². The molecule has 4 N–H and O–H groups in total. The van der Waals surface area contributed by atoms with Gasteiger partial charge in [0.1, 0.15) is 23.9 Å². The molecule has 1 aromatic heterocycles. The molecule has 4 rings (SSSR count). The van der Waals surface area contributed by atoms with Crippen molar-refractivity contribution in [2.45, 2.75) is 53.7 Å². The third-order valence-electron chi connectivity index (χ3n) is 8.15. The first-order valence-corrected chi connectivity index (χ1v) is 15.8. The van der Waals surface area contributed by atoms with Gasteiger partial charge in [0.2, 0.25) is 17.2 Å². The predicted molar refractivity (Wildman–Crippen MR) is 180 cm³/mol. The van der Waals surface area contributed by atoms with E-state index < -0.39 is 40.7 Å². The van der Waals surface area contributed by atoms with Gasteiger partial charge in [-0.05, 0) is 56.0 Å². The molecule has 14 heteroatoms. The molecule has 2 amide bonds. The Morgan fingerprint density at radius 3 is 2.31 bits per heavy atom. The molecule has 1 unspecified atom stereocenters. The maximum Gasteiger partial charge on any atom is 0.410 e. The van der Waals surface area contributed by atoms with Crippen molar-refractivity contribution in [1.29, 1.82) is 10.8 Å². The van der Waals surface area contributed by atoms with Crippen molar-refractivity contribution in [2.75, 3.05) is 36.4 Å². The van der Waals surface area contributed by atoms with E-state index in [-0.39, 0.29) is 42.6 Å². The van der Waals surface area contributed by atoms with Gasteiger partial charge in [-0.25, -0.2) is 14.0 Å². The van der Waals surface area contributed by atoms with E-state index >= 15 is 4.39 Å². The number of carboxylic acid groups (broad SMARTS) is 1. The molecule has 13 nitrogen and oxygen atoms in total. The molecule has 1 fully saturated rings. The maximum atomic E-state index is 15.2. The Balaban J connectivity index is 1.28. The Kier molecular flexibility index (Phi) is 11.5. The summed E-state index contributed by atoms with van der Waals surface area (Å²) in [6.45, 7) is 8.93. The van der Waals surface area contributed by atoms with E-state index in [0.29, 0.717) is 48.7 Å². The normalized spacial score (nSPS) is 13.7. The first kappa shape index (κ1) is 35.6. The molecule has 2 heterocycles. The van der Waals surface area contributed by atoms with Gasteiger partial charge < -0.3 is 34.3 Å². The van der Waals surface area contributed by atoms with Crippen LogP contribution in [0, 0.1) is 28.5 Å². The SMILES string of the molecule is CCn1cc(C(=O)O)c(=O)c2cc(F)c(N3CCN(C(=O)OCc4ccc(NC(=O)C(C)C(=N)OC(=N)CCC(C)C)cc4)CC3)cc21. The molecule has 256 valence electrons. The Bertz CT molecular complexity index is 1760. The van der Waals surface area contributed by atoms with Crippen molar-refractivity contribution in [1.82, 2.24) is 9.47 Å². The number of amides is 2. The van der Waals surface area contributed by atoms with E-state index in [0.717, 1.165) is 12.5 Å².